The number of carbonyl (C=O) groups is 1. The Hall–Kier alpha value is -2.08. The normalized spacial score (nSPS) is 14.2. The quantitative estimate of drug-likeness (QED) is 0.864. The second kappa shape index (κ2) is 6.81. The van der Waals surface area contributed by atoms with Gasteiger partial charge in [-0.25, -0.2) is 4.98 Å². The number of rotatable bonds is 4. The van der Waals surface area contributed by atoms with Gasteiger partial charge in [-0.2, -0.15) is 5.10 Å². The van der Waals surface area contributed by atoms with Crippen molar-refractivity contribution >= 4 is 23.6 Å². The first-order valence-corrected chi connectivity index (χ1v) is 8.55. The van der Waals surface area contributed by atoms with Gasteiger partial charge in [0.2, 0.25) is 5.91 Å². The summed E-state index contributed by atoms with van der Waals surface area (Å²) in [4.78, 5) is 16.7. The van der Waals surface area contributed by atoms with Gasteiger partial charge in [0.1, 0.15) is 11.0 Å². The average molecular weight is 348 g/mol. The summed E-state index contributed by atoms with van der Waals surface area (Å²) >= 11 is 6.16. The Kier molecular flexibility index (Phi) is 4.76. The molecular weight excluding hydrogens is 326 g/mol. The van der Waals surface area contributed by atoms with Crippen molar-refractivity contribution in [1.29, 1.82) is 0 Å². The molecule has 1 aliphatic heterocycles. The highest BCUT2D eigenvalue weighted by Gasteiger charge is 2.17. The summed E-state index contributed by atoms with van der Waals surface area (Å²) in [5.74, 6) is 0.867. The van der Waals surface area contributed by atoms with Crippen LogP contribution in [0.25, 0.3) is 6.08 Å². The summed E-state index contributed by atoms with van der Waals surface area (Å²) < 4.78 is 3.86. The van der Waals surface area contributed by atoms with Gasteiger partial charge in [-0.1, -0.05) is 11.6 Å². The Balaban J connectivity index is 1.65. The number of nitrogens with zero attached hydrogens (tertiary/aromatic N) is 4. The number of fused-ring (bicyclic) bond motifs is 1. The molecule has 24 heavy (non-hydrogen) atoms. The number of aromatic nitrogens is 4. The molecule has 0 atom stereocenters. The number of halogens is 1. The molecule has 3 heterocycles. The number of nitrogens with one attached hydrogen (secondary N) is 1. The van der Waals surface area contributed by atoms with E-state index < -0.39 is 0 Å². The van der Waals surface area contributed by atoms with Crippen molar-refractivity contribution in [3.05, 3.63) is 39.7 Å². The number of amides is 1. The highest BCUT2D eigenvalue weighted by Crippen LogP contribution is 2.21. The van der Waals surface area contributed by atoms with Crippen LogP contribution >= 0.6 is 11.6 Å². The molecule has 2 aromatic heterocycles. The number of carbonyl (C=O) groups excluding carboxylic acids is 1. The predicted molar refractivity (Wildman–Crippen MR) is 93.7 cm³/mol. The van der Waals surface area contributed by atoms with Gasteiger partial charge in [-0.3, -0.25) is 9.48 Å². The smallest absolute Gasteiger partial charge is 0.244 e. The van der Waals surface area contributed by atoms with Crippen molar-refractivity contribution in [2.75, 3.05) is 0 Å². The van der Waals surface area contributed by atoms with Crippen LogP contribution in [0.1, 0.15) is 41.3 Å². The summed E-state index contributed by atoms with van der Waals surface area (Å²) in [6.07, 6.45) is 6.61. The van der Waals surface area contributed by atoms with Crippen LogP contribution in [-0.2, 0) is 31.4 Å². The molecule has 2 aromatic rings. The molecule has 0 radical (unpaired) electrons. The molecule has 0 saturated heterocycles. The van der Waals surface area contributed by atoms with E-state index in [1.165, 1.54) is 24.6 Å². The lowest BCUT2D eigenvalue weighted by Crippen LogP contribution is -2.22. The Morgan fingerprint density at radius 2 is 2.17 bits per heavy atom. The zero-order valence-electron chi connectivity index (χ0n) is 14.3. The van der Waals surface area contributed by atoms with Gasteiger partial charge in [-0.05, 0) is 39.2 Å². The maximum absolute atomic E-state index is 12.1. The maximum atomic E-state index is 12.1. The Morgan fingerprint density at radius 1 is 1.38 bits per heavy atom. The fourth-order valence-corrected chi connectivity index (χ4v) is 3.41. The van der Waals surface area contributed by atoms with Crippen molar-refractivity contribution in [3.63, 3.8) is 0 Å². The van der Waals surface area contributed by atoms with E-state index in [1.54, 1.807) is 17.8 Å². The minimum Gasteiger partial charge on any atom is -0.347 e. The van der Waals surface area contributed by atoms with E-state index in [9.17, 15) is 4.79 Å². The summed E-state index contributed by atoms with van der Waals surface area (Å²) in [5.41, 5.74) is 3.80. The van der Waals surface area contributed by atoms with Gasteiger partial charge < -0.3 is 9.88 Å². The minimum atomic E-state index is -0.162. The molecule has 1 amide bonds. The third-order valence-corrected chi connectivity index (χ3v) is 4.87. The van der Waals surface area contributed by atoms with Gasteiger partial charge in [0, 0.05) is 30.9 Å². The summed E-state index contributed by atoms with van der Waals surface area (Å²) in [7, 11) is 1.77. The lowest BCUT2D eigenvalue weighted by Gasteiger charge is -2.16. The maximum Gasteiger partial charge on any atom is 0.244 e. The Labute approximate surface area is 146 Å². The fourth-order valence-electron chi connectivity index (χ4n) is 3.18. The molecule has 128 valence electrons. The van der Waals surface area contributed by atoms with Crippen molar-refractivity contribution in [2.45, 2.75) is 46.2 Å². The van der Waals surface area contributed by atoms with Gasteiger partial charge in [0.05, 0.1) is 17.9 Å². The molecule has 0 aromatic carbocycles. The predicted octanol–water partition coefficient (Wildman–Crippen LogP) is 2.55. The zero-order chi connectivity index (χ0) is 17.3. The van der Waals surface area contributed by atoms with Crippen LogP contribution in [0.2, 0.25) is 5.15 Å². The van der Waals surface area contributed by atoms with Crippen molar-refractivity contribution in [2.24, 2.45) is 7.05 Å². The highest BCUT2D eigenvalue weighted by atomic mass is 35.5. The fraction of sp³-hybridized carbons (Fsp3) is 0.471. The SMILES string of the molecule is Cc1nn(C)c(Cl)c1C=CC(=O)NCc1nc(C)n2c1CCCC2. The van der Waals surface area contributed by atoms with E-state index in [2.05, 4.69) is 20.0 Å². The zero-order valence-corrected chi connectivity index (χ0v) is 15.0. The standard InChI is InChI=1S/C17H22ClN5O/c1-11-13(17(18)22(3)21-11)7-8-16(24)19-10-14-15-6-4-5-9-23(15)12(2)20-14/h7-8H,4-6,9-10H2,1-3H3,(H,19,24). The van der Waals surface area contributed by atoms with Gasteiger partial charge in [0.15, 0.2) is 0 Å². The van der Waals surface area contributed by atoms with E-state index in [0.29, 0.717) is 11.7 Å². The van der Waals surface area contributed by atoms with E-state index in [-0.39, 0.29) is 5.91 Å². The monoisotopic (exact) mass is 347 g/mol. The van der Waals surface area contributed by atoms with Crippen molar-refractivity contribution in [1.82, 2.24) is 24.6 Å². The van der Waals surface area contributed by atoms with Crippen molar-refractivity contribution in [3.8, 4) is 0 Å². The Morgan fingerprint density at radius 3 is 2.88 bits per heavy atom. The van der Waals surface area contributed by atoms with E-state index >= 15 is 0 Å². The number of hydrogen-bond donors (Lipinski definition) is 1. The second-order valence-electron chi connectivity index (χ2n) is 6.13. The third-order valence-electron chi connectivity index (χ3n) is 4.42. The molecule has 3 rings (SSSR count). The van der Waals surface area contributed by atoms with Crippen LogP contribution < -0.4 is 5.32 Å². The highest BCUT2D eigenvalue weighted by molar-refractivity contribution is 6.31. The van der Waals surface area contributed by atoms with E-state index in [0.717, 1.165) is 35.7 Å². The molecule has 0 saturated carbocycles. The first kappa shape index (κ1) is 16.8. The number of hydrogen-bond acceptors (Lipinski definition) is 3. The average Bonchev–Trinajstić information content (AvgIpc) is 3.01. The van der Waals surface area contributed by atoms with Crippen LogP contribution in [0.5, 0.6) is 0 Å². The van der Waals surface area contributed by atoms with Gasteiger partial charge >= 0.3 is 0 Å². The first-order chi connectivity index (χ1) is 11.5. The number of aryl methyl sites for hydroxylation is 3. The lowest BCUT2D eigenvalue weighted by atomic mass is 10.1. The van der Waals surface area contributed by atoms with Gasteiger partial charge in [0.25, 0.3) is 0 Å². The molecule has 1 N–H and O–H groups in total. The summed E-state index contributed by atoms with van der Waals surface area (Å²) in [6, 6.07) is 0. The van der Waals surface area contributed by atoms with Crippen LogP contribution in [-0.4, -0.2) is 25.2 Å². The topological polar surface area (TPSA) is 64.7 Å². The molecule has 0 unspecified atom stereocenters. The molecular formula is C17H22ClN5O. The summed E-state index contributed by atoms with van der Waals surface area (Å²) in [6.45, 7) is 5.36. The minimum absolute atomic E-state index is 0.162. The van der Waals surface area contributed by atoms with Crippen LogP contribution in [0.4, 0.5) is 0 Å². The largest absolute Gasteiger partial charge is 0.347 e. The molecule has 0 spiro atoms. The molecule has 6 nitrogen and oxygen atoms in total. The molecule has 0 aliphatic carbocycles. The molecule has 7 heteroatoms. The Bertz CT molecular complexity index is 802. The third kappa shape index (κ3) is 3.24. The van der Waals surface area contributed by atoms with Crippen LogP contribution in [0, 0.1) is 13.8 Å². The van der Waals surface area contributed by atoms with E-state index in [4.69, 9.17) is 11.6 Å². The molecule has 0 bridgehead atoms. The van der Waals surface area contributed by atoms with Crippen LogP contribution in [0.3, 0.4) is 0 Å². The molecule has 0 fully saturated rings. The second-order valence-corrected chi connectivity index (χ2v) is 6.48. The lowest BCUT2D eigenvalue weighted by molar-refractivity contribution is -0.116. The molecule has 1 aliphatic rings. The summed E-state index contributed by atoms with van der Waals surface area (Å²) in [5, 5.41) is 7.65. The van der Waals surface area contributed by atoms with Gasteiger partial charge in [-0.15, -0.1) is 0 Å². The van der Waals surface area contributed by atoms with E-state index in [1.807, 2.05) is 13.8 Å². The van der Waals surface area contributed by atoms with Crippen molar-refractivity contribution < 1.29 is 4.79 Å². The first-order valence-electron chi connectivity index (χ1n) is 8.17. The van der Waals surface area contributed by atoms with Crippen LogP contribution in [0.15, 0.2) is 6.08 Å². The number of imidazole rings is 1.